The van der Waals surface area contributed by atoms with Gasteiger partial charge in [-0.25, -0.2) is 0 Å². The predicted octanol–water partition coefficient (Wildman–Crippen LogP) is 7.62. The van der Waals surface area contributed by atoms with Gasteiger partial charge >= 0.3 is 0 Å². The highest BCUT2D eigenvalue weighted by molar-refractivity contribution is 6.52. The highest BCUT2D eigenvalue weighted by atomic mass is 35.5. The first-order valence-corrected chi connectivity index (χ1v) is 12.8. The number of anilines is 1. The molecule has 1 unspecified atom stereocenters. The summed E-state index contributed by atoms with van der Waals surface area (Å²) in [5.41, 5.74) is 2.99. The number of hydrogen-bond donors (Lipinski definition) is 1. The molecule has 37 heavy (non-hydrogen) atoms. The first-order chi connectivity index (χ1) is 17.5. The zero-order valence-electron chi connectivity index (χ0n) is 21.4. The molecule has 1 saturated heterocycles. The third-order valence-corrected chi connectivity index (χ3v) is 7.28. The van der Waals surface area contributed by atoms with Crippen LogP contribution >= 0.6 is 23.2 Å². The molecule has 0 radical (unpaired) electrons. The van der Waals surface area contributed by atoms with E-state index in [1.807, 2.05) is 31.2 Å². The molecule has 1 heterocycles. The lowest BCUT2D eigenvalue weighted by Gasteiger charge is -2.28. The number of aliphatic hydroxyl groups excluding tert-OH is 1. The van der Waals surface area contributed by atoms with Gasteiger partial charge in [-0.15, -0.1) is 0 Å². The summed E-state index contributed by atoms with van der Waals surface area (Å²) < 4.78 is 5.57. The van der Waals surface area contributed by atoms with Gasteiger partial charge in [-0.1, -0.05) is 74.3 Å². The Bertz CT molecular complexity index is 1400. The summed E-state index contributed by atoms with van der Waals surface area (Å²) in [6, 6.07) is 16.9. The maximum absolute atomic E-state index is 13.5. The Morgan fingerprint density at radius 2 is 1.68 bits per heavy atom. The van der Waals surface area contributed by atoms with Crippen molar-refractivity contribution in [1.82, 2.24) is 0 Å². The second-order valence-corrected chi connectivity index (χ2v) is 10.8. The van der Waals surface area contributed by atoms with Crippen molar-refractivity contribution < 1.29 is 19.4 Å². The first-order valence-electron chi connectivity index (χ1n) is 12.0. The Balaban J connectivity index is 1.98. The lowest BCUT2D eigenvalue weighted by molar-refractivity contribution is -0.132. The van der Waals surface area contributed by atoms with Gasteiger partial charge in [-0.3, -0.25) is 14.5 Å². The molecule has 3 aromatic carbocycles. The number of rotatable bonds is 5. The van der Waals surface area contributed by atoms with Gasteiger partial charge in [0, 0.05) is 16.3 Å². The molecule has 1 amide bonds. The Morgan fingerprint density at radius 3 is 2.30 bits per heavy atom. The van der Waals surface area contributed by atoms with Crippen molar-refractivity contribution in [2.75, 3.05) is 11.5 Å². The van der Waals surface area contributed by atoms with Crippen LogP contribution in [0.3, 0.4) is 0 Å². The molecule has 0 spiro atoms. The maximum Gasteiger partial charge on any atom is 0.300 e. The topological polar surface area (TPSA) is 66.8 Å². The van der Waals surface area contributed by atoms with E-state index in [1.165, 1.54) is 4.90 Å². The van der Waals surface area contributed by atoms with Crippen LogP contribution in [0.1, 0.15) is 56.0 Å². The zero-order chi connectivity index (χ0) is 27.1. The molecule has 1 fully saturated rings. The van der Waals surface area contributed by atoms with Gasteiger partial charge < -0.3 is 9.84 Å². The van der Waals surface area contributed by atoms with Crippen LogP contribution in [0.15, 0.2) is 66.2 Å². The van der Waals surface area contributed by atoms with E-state index in [-0.39, 0.29) is 27.3 Å². The Kier molecular flexibility index (Phi) is 7.40. The van der Waals surface area contributed by atoms with Crippen LogP contribution < -0.4 is 9.64 Å². The fourth-order valence-corrected chi connectivity index (χ4v) is 4.88. The standard InChI is InChI=1S/C30H29Cl2NO4/c1-6-37-20-14-15-23(32)21(16-20)27(34)25-26(18-10-12-19(13-11-18)30(3,4)5)33(29(36)28(25)35)24-9-7-8-22(31)17(24)2/h7-16,26,34H,6H2,1-5H3/b27-25+. The van der Waals surface area contributed by atoms with E-state index in [0.29, 0.717) is 34.2 Å². The summed E-state index contributed by atoms with van der Waals surface area (Å²) in [4.78, 5) is 28.4. The molecule has 1 N–H and O–H groups in total. The van der Waals surface area contributed by atoms with E-state index in [0.717, 1.165) is 5.56 Å². The largest absolute Gasteiger partial charge is 0.507 e. The number of Topliss-reactive ketones (excluding diaryl/α,β-unsaturated/α-hetero) is 1. The maximum atomic E-state index is 13.5. The van der Waals surface area contributed by atoms with Crippen LogP contribution in [0.25, 0.3) is 5.76 Å². The molecule has 4 rings (SSSR count). The second kappa shape index (κ2) is 10.2. The number of nitrogens with zero attached hydrogens (tertiary/aromatic N) is 1. The van der Waals surface area contributed by atoms with E-state index in [9.17, 15) is 14.7 Å². The van der Waals surface area contributed by atoms with Gasteiger partial charge in [0.15, 0.2) is 0 Å². The van der Waals surface area contributed by atoms with Crippen molar-refractivity contribution in [3.05, 3.63) is 98.5 Å². The fourth-order valence-electron chi connectivity index (χ4n) is 4.51. The quantitative estimate of drug-likeness (QED) is 0.206. The number of halogens is 2. The van der Waals surface area contributed by atoms with Gasteiger partial charge in [0.1, 0.15) is 11.5 Å². The molecule has 192 valence electrons. The number of amides is 1. The summed E-state index contributed by atoms with van der Waals surface area (Å²) >= 11 is 12.8. The van der Waals surface area contributed by atoms with E-state index in [2.05, 4.69) is 20.8 Å². The molecule has 0 aromatic heterocycles. The summed E-state index contributed by atoms with van der Waals surface area (Å²) in [7, 11) is 0. The Labute approximate surface area is 227 Å². The van der Waals surface area contributed by atoms with E-state index >= 15 is 0 Å². The van der Waals surface area contributed by atoms with Gasteiger partial charge in [0.05, 0.1) is 23.2 Å². The predicted molar refractivity (Wildman–Crippen MR) is 149 cm³/mol. The normalized spacial score (nSPS) is 17.4. The monoisotopic (exact) mass is 537 g/mol. The smallest absolute Gasteiger partial charge is 0.300 e. The van der Waals surface area contributed by atoms with Gasteiger partial charge in [0.2, 0.25) is 0 Å². The number of carbonyl (C=O) groups is 2. The Morgan fingerprint density at radius 1 is 1.00 bits per heavy atom. The van der Waals surface area contributed by atoms with E-state index in [4.69, 9.17) is 27.9 Å². The van der Waals surface area contributed by atoms with Gasteiger partial charge in [0.25, 0.3) is 11.7 Å². The molecule has 3 aromatic rings. The molecule has 0 saturated carbocycles. The third-order valence-electron chi connectivity index (χ3n) is 6.54. The molecule has 1 aliphatic heterocycles. The average molecular weight is 538 g/mol. The van der Waals surface area contributed by atoms with Crippen molar-refractivity contribution >= 4 is 46.3 Å². The SMILES string of the molecule is CCOc1ccc(Cl)c(/C(O)=C2\C(=O)C(=O)N(c3cccc(Cl)c3C)C2c2ccc(C(C)(C)C)cc2)c1. The lowest BCUT2D eigenvalue weighted by Crippen LogP contribution is -2.30. The van der Waals surface area contributed by atoms with Crippen LogP contribution in [0.2, 0.25) is 10.0 Å². The van der Waals surface area contributed by atoms with Crippen molar-refractivity contribution in [3.63, 3.8) is 0 Å². The minimum Gasteiger partial charge on any atom is -0.507 e. The first kappa shape index (κ1) is 26.8. The summed E-state index contributed by atoms with van der Waals surface area (Å²) in [6.07, 6.45) is 0. The van der Waals surface area contributed by atoms with Gasteiger partial charge in [-0.2, -0.15) is 0 Å². The number of carbonyl (C=O) groups excluding carboxylic acids is 2. The fraction of sp³-hybridized carbons (Fsp3) is 0.267. The summed E-state index contributed by atoms with van der Waals surface area (Å²) in [6.45, 7) is 10.4. The Hall–Kier alpha value is -3.28. The lowest BCUT2D eigenvalue weighted by atomic mass is 9.85. The van der Waals surface area contributed by atoms with Crippen molar-refractivity contribution in [1.29, 1.82) is 0 Å². The number of benzene rings is 3. The van der Waals surface area contributed by atoms with Crippen molar-refractivity contribution in [2.45, 2.75) is 46.1 Å². The highest BCUT2D eigenvalue weighted by Gasteiger charge is 2.47. The number of ketones is 1. The van der Waals surface area contributed by atoms with E-state index < -0.39 is 17.7 Å². The van der Waals surface area contributed by atoms with Crippen LogP contribution in [0, 0.1) is 6.92 Å². The van der Waals surface area contributed by atoms with Gasteiger partial charge in [-0.05, 0) is 66.3 Å². The van der Waals surface area contributed by atoms with Crippen LogP contribution in [-0.4, -0.2) is 23.4 Å². The zero-order valence-corrected chi connectivity index (χ0v) is 22.9. The highest BCUT2D eigenvalue weighted by Crippen LogP contribution is 2.45. The van der Waals surface area contributed by atoms with Crippen molar-refractivity contribution in [3.8, 4) is 5.75 Å². The van der Waals surface area contributed by atoms with E-state index in [1.54, 1.807) is 43.3 Å². The van der Waals surface area contributed by atoms with Crippen LogP contribution in [0.5, 0.6) is 5.75 Å². The molecular formula is C30H29Cl2NO4. The molecule has 7 heteroatoms. The third kappa shape index (κ3) is 4.98. The minimum absolute atomic E-state index is 0.0524. The average Bonchev–Trinajstić information content (AvgIpc) is 3.11. The van der Waals surface area contributed by atoms with Crippen molar-refractivity contribution in [2.24, 2.45) is 0 Å². The molecule has 1 atom stereocenters. The number of ether oxygens (including phenoxy) is 1. The minimum atomic E-state index is -0.891. The van der Waals surface area contributed by atoms with Crippen LogP contribution in [-0.2, 0) is 15.0 Å². The summed E-state index contributed by atoms with van der Waals surface area (Å²) in [5.74, 6) is -1.44. The summed E-state index contributed by atoms with van der Waals surface area (Å²) in [5, 5.41) is 12.2. The second-order valence-electron chi connectivity index (χ2n) is 10.00. The molecule has 0 aliphatic carbocycles. The molecule has 5 nitrogen and oxygen atoms in total. The number of hydrogen-bond acceptors (Lipinski definition) is 4. The number of aliphatic hydroxyl groups is 1. The van der Waals surface area contributed by atoms with Crippen LogP contribution in [0.4, 0.5) is 5.69 Å². The molecule has 0 bridgehead atoms. The molecular weight excluding hydrogens is 509 g/mol. The molecule has 1 aliphatic rings.